The van der Waals surface area contributed by atoms with Gasteiger partial charge in [-0.1, -0.05) is 6.58 Å². The van der Waals surface area contributed by atoms with Crippen molar-refractivity contribution in [2.75, 3.05) is 0 Å². The molecule has 0 aliphatic heterocycles. The Balaban J connectivity index is 3.15. The number of ether oxygens (including phenoxy) is 2. The summed E-state index contributed by atoms with van der Waals surface area (Å²) in [5, 5.41) is 18.6. The van der Waals surface area contributed by atoms with E-state index in [0.717, 1.165) is 0 Å². The minimum Gasteiger partial charge on any atom is -0.508 e. The van der Waals surface area contributed by atoms with Gasteiger partial charge >= 0.3 is 5.97 Å². The van der Waals surface area contributed by atoms with Crippen LogP contribution in [0.2, 0.25) is 0 Å². The largest absolute Gasteiger partial charge is 0.508 e. The lowest BCUT2D eigenvalue weighted by Crippen LogP contribution is -2.37. The van der Waals surface area contributed by atoms with Crippen LogP contribution >= 0.6 is 0 Å². The molecule has 0 fully saturated rings. The number of aliphatic carboxylic acids is 1. The Labute approximate surface area is 118 Å². The van der Waals surface area contributed by atoms with Gasteiger partial charge in [0.2, 0.25) is 0 Å². The fraction of sp³-hybridized carbons (Fsp3) is 0.400. The number of carbonyl (C=O) groups is 1. The van der Waals surface area contributed by atoms with E-state index in [-0.39, 0.29) is 11.9 Å². The van der Waals surface area contributed by atoms with E-state index >= 15 is 0 Å². The third kappa shape index (κ3) is 4.19. The van der Waals surface area contributed by atoms with Crippen molar-refractivity contribution in [2.45, 2.75) is 39.4 Å². The van der Waals surface area contributed by atoms with Gasteiger partial charge < -0.3 is 19.7 Å². The molecule has 2 N–H and O–H groups in total. The van der Waals surface area contributed by atoms with Crippen LogP contribution in [-0.4, -0.2) is 27.9 Å². The predicted octanol–water partition coefficient (Wildman–Crippen LogP) is 3.24. The number of carboxylic acid groups (broad SMARTS) is 1. The van der Waals surface area contributed by atoms with Gasteiger partial charge in [0.05, 0.1) is 6.10 Å². The second kappa shape index (κ2) is 5.86. The second-order valence-electron chi connectivity index (χ2n) is 5.22. The van der Waals surface area contributed by atoms with Crippen molar-refractivity contribution in [1.82, 2.24) is 0 Å². The Bertz CT molecular complexity index is 517. The van der Waals surface area contributed by atoms with Crippen molar-refractivity contribution >= 4 is 11.7 Å². The SMILES string of the molecule is C=C(O)c1cc(OC(C)C)cc(OC(C)(C)C(=O)O)c1. The Morgan fingerprint density at radius 1 is 1.20 bits per heavy atom. The molecule has 0 aliphatic rings. The summed E-state index contributed by atoms with van der Waals surface area (Å²) in [4.78, 5) is 11.1. The maximum atomic E-state index is 11.1. The van der Waals surface area contributed by atoms with Gasteiger partial charge in [0.15, 0.2) is 5.60 Å². The van der Waals surface area contributed by atoms with Crippen molar-refractivity contribution in [2.24, 2.45) is 0 Å². The molecule has 0 unspecified atom stereocenters. The molecule has 5 nitrogen and oxygen atoms in total. The fourth-order valence-corrected chi connectivity index (χ4v) is 1.48. The molecule has 20 heavy (non-hydrogen) atoms. The summed E-state index contributed by atoms with van der Waals surface area (Å²) < 4.78 is 11.0. The van der Waals surface area contributed by atoms with Gasteiger partial charge in [-0.3, -0.25) is 0 Å². The number of hydrogen-bond acceptors (Lipinski definition) is 4. The molecule has 0 amide bonds. The summed E-state index contributed by atoms with van der Waals surface area (Å²) >= 11 is 0. The van der Waals surface area contributed by atoms with E-state index < -0.39 is 11.6 Å². The number of benzene rings is 1. The van der Waals surface area contributed by atoms with E-state index in [4.69, 9.17) is 14.6 Å². The summed E-state index contributed by atoms with van der Waals surface area (Å²) in [5.74, 6) is -0.459. The van der Waals surface area contributed by atoms with Crippen molar-refractivity contribution in [3.8, 4) is 11.5 Å². The maximum absolute atomic E-state index is 11.1. The highest BCUT2D eigenvalue weighted by atomic mass is 16.5. The molecule has 5 heteroatoms. The minimum atomic E-state index is -1.38. The lowest BCUT2D eigenvalue weighted by atomic mass is 10.1. The minimum absolute atomic E-state index is 0.0578. The van der Waals surface area contributed by atoms with Crippen molar-refractivity contribution in [1.29, 1.82) is 0 Å². The zero-order chi connectivity index (χ0) is 15.5. The third-order valence-corrected chi connectivity index (χ3v) is 2.47. The van der Waals surface area contributed by atoms with Gasteiger partial charge in [-0.2, -0.15) is 0 Å². The predicted molar refractivity (Wildman–Crippen MR) is 76.2 cm³/mol. The molecule has 0 spiro atoms. The maximum Gasteiger partial charge on any atom is 0.347 e. The molecule has 1 aromatic carbocycles. The highest BCUT2D eigenvalue weighted by Gasteiger charge is 2.29. The normalized spacial score (nSPS) is 11.2. The van der Waals surface area contributed by atoms with Crippen LogP contribution in [0, 0.1) is 0 Å². The van der Waals surface area contributed by atoms with Crippen molar-refractivity contribution < 1.29 is 24.5 Å². The van der Waals surface area contributed by atoms with E-state index in [9.17, 15) is 9.90 Å². The van der Waals surface area contributed by atoms with E-state index in [2.05, 4.69) is 6.58 Å². The van der Waals surface area contributed by atoms with Crippen molar-refractivity contribution in [3.63, 3.8) is 0 Å². The lowest BCUT2D eigenvalue weighted by Gasteiger charge is -2.22. The molecule has 0 radical (unpaired) electrons. The van der Waals surface area contributed by atoms with Crippen LogP contribution in [-0.2, 0) is 4.79 Å². The highest BCUT2D eigenvalue weighted by Crippen LogP contribution is 2.29. The molecular formula is C15H20O5. The fourth-order valence-electron chi connectivity index (χ4n) is 1.48. The van der Waals surface area contributed by atoms with Gasteiger partial charge in [-0.15, -0.1) is 0 Å². The van der Waals surface area contributed by atoms with Crippen LogP contribution in [0.25, 0.3) is 5.76 Å². The van der Waals surface area contributed by atoms with E-state index in [1.165, 1.54) is 19.9 Å². The van der Waals surface area contributed by atoms with Gasteiger partial charge in [0, 0.05) is 11.6 Å². The highest BCUT2D eigenvalue weighted by molar-refractivity contribution is 5.77. The third-order valence-electron chi connectivity index (χ3n) is 2.47. The van der Waals surface area contributed by atoms with Crippen LogP contribution in [0.4, 0.5) is 0 Å². The summed E-state index contributed by atoms with van der Waals surface area (Å²) in [7, 11) is 0. The van der Waals surface area contributed by atoms with Gasteiger partial charge in [-0.25, -0.2) is 4.79 Å². The van der Waals surface area contributed by atoms with Crippen LogP contribution < -0.4 is 9.47 Å². The van der Waals surface area contributed by atoms with E-state index in [1.807, 2.05) is 13.8 Å². The molecule has 110 valence electrons. The van der Waals surface area contributed by atoms with Crippen LogP contribution in [0.15, 0.2) is 24.8 Å². The summed E-state index contributed by atoms with van der Waals surface area (Å²) in [6, 6.07) is 4.71. The average molecular weight is 280 g/mol. The first kappa shape index (κ1) is 15.9. The Morgan fingerprint density at radius 3 is 2.20 bits per heavy atom. The zero-order valence-electron chi connectivity index (χ0n) is 12.1. The molecule has 0 heterocycles. The molecule has 0 aromatic heterocycles. The molecular weight excluding hydrogens is 260 g/mol. The quantitative estimate of drug-likeness (QED) is 0.782. The zero-order valence-corrected chi connectivity index (χ0v) is 12.1. The monoisotopic (exact) mass is 280 g/mol. The number of hydrogen-bond donors (Lipinski definition) is 2. The van der Waals surface area contributed by atoms with E-state index in [1.54, 1.807) is 12.1 Å². The molecule has 0 saturated heterocycles. The summed E-state index contributed by atoms with van der Waals surface area (Å²) in [5.41, 5.74) is -0.968. The standard InChI is InChI=1S/C15H20O5/c1-9(2)19-12-6-11(10(3)16)7-13(8-12)20-15(4,5)14(17)18/h6-9,16H,3H2,1-2,4-5H3,(H,17,18). The number of aliphatic hydroxyl groups is 1. The molecule has 1 aromatic rings. The Hall–Kier alpha value is -2.17. The smallest absolute Gasteiger partial charge is 0.347 e. The van der Waals surface area contributed by atoms with Gasteiger partial charge in [0.1, 0.15) is 17.3 Å². The first-order chi connectivity index (χ1) is 9.11. The van der Waals surface area contributed by atoms with Crippen LogP contribution in [0.5, 0.6) is 11.5 Å². The van der Waals surface area contributed by atoms with Crippen LogP contribution in [0.1, 0.15) is 33.3 Å². The Kier molecular flexibility index (Phi) is 4.65. The molecule has 1 rings (SSSR count). The first-order valence-electron chi connectivity index (χ1n) is 6.24. The Morgan fingerprint density at radius 2 is 1.75 bits per heavy atom. The number of carboxylic acids is 1. The van der Waals surface area contributed by atoms with Crippen LogP contribution in [0.3, 0.4) is 0 Å². The summed E-state index contributed by atoms with van der Waals surface area (Å²) in [6.07, 6.45) is -0.0578. The summed E-state index contributed by atoms with van der Waals surface area (Å²) in [6.45, 7) is 10.1. The van der Waals surface area contributed by atoms with Gasteiger partial charge in [0.25, 0.3) is 0 Å². The lowest BCUT2D eigenvalue weighted by molar-refractivity contribution is -0.152. The molecule has 0 aliphatic carbocycles. The van der Waals surface area contributed by atoms with Gasteiger partial charge in [-0.05, 0) is 39.8 Å². The molecule has 0 saturated carbocycles. The number of rotatable bonds is 6. The second-order valence-corrected chi connectivity index (χ2v) is 5.22. The molecule has 0 bridgehead atoms. The van der Waals surface area contributed by atoms with Crippen molar-refractivity contribution in [3.05, 3.63) is 30.3 Å². The molecule has 0 atom stereocenters. The topological polar surface area (TPSA) is 76.0 Å². The average Bonchev–Trinajstić information content (AvgIpc) is 2.26. The first-order valence-corrected chi connectivity index (χ1v) is 6.24. The number of aliphatic hydroxyl groups excluding tert-OH is 1. The van der Waals surface area contributed by atoms with E-state index in [0.29, 0.717) is 17.1 Å².